The lowest BCUT2D eigenvalue weighted by molar-refractivity contribution is -0.137. The molecular weight excluding hydrogens is 424 g/mol. The van der Waals surface area contributed by atoms with Crippen LogP contribution in [0, 0.1) is 0 Å². The number of carboxylic acid groups (broad SMARTS) is 1. The average molecular weight is 448 g/mol. The Labute approximate surface area is 190 Å². The predicted octanol–water partition coefficient (Wildman–Crippen LogP) is 4.62. The van der Waals surface area contributed by atoms with E-state index >= 15 is 0 Å². The Balaban J connectivity index is 1.40. The lowest BCUT2D eigenvalue weighted by atomic mass is 9.98. The molecule has 2 aromatic carbocycles. The number of ether oxygens (including phenoxy) is 1. The van der Waals surface area contributed by atoms with Crippen molar-refractivity contribution in [1.29, 1.82) is 0 Å². The Morgan fingerprint density at radius 1 is 1.03 bits per heavy atom. The van der Waals surface area contributed by atoms with Crippen LogP contribution in [0.25, 0.3) is 11.1 Å². The fraction of sp³-hybridized carbons (Fsp3) is 0.240. The molecule has 1 heterocycles. The monoisotopic (exact) mass is 448 g/mol. The van der Waals surface area contributed by atoms with Crippen molar-refractivity contribution in [2.45, 2.75) is 31.7 Å². The van der Waals surface area contributed by atoms with Gasteiger partial charge in [0.15, 0.2) is 0 Å². The zero-order valence-electron chi connectivity index (χ0n) is 18.0. The number of anilines is 1. The molecule has 0 spiro atoms. The number of furan rings is 1. The fourth-order valence-corrected chi connectivity index (χ4v) is 4.09. The van der Waals surface area contributed by atoms with Gasteiger partial charge in [-0.05, 0) is 28.7 Å². The van der Waals surface area contributed by atoms with E-state index in [-0.39, 0.29) is 30.4 Å². The number of fused-ring (bicyclic) bond motifs is 3. The third-order valence-electron chi connectivity index (χ3n) is 5.70. The van der Waals surface area contributed by atoms with Crippen molar-refractivity contribution in [3.63, 3.8) is 0 Å². The highest BCUT2D eigenvalue weighted by molar-refractivity contribution is 6.00. The number of hydrogen-bond acceptors (Lipinski definition) is 5. The second-order valence-corrected chi connectivity index (χ2v) is 7.79. The number of hydrogen-bond donors (Lipinski definition) is 3. The van der Waals surface area contributed by atoms with Crippen LogP contribution in [0.15, 0.2) is 65.3 Å². The molecule has 0 bridgehead atoms. The fourth-order valence-electron chi connectivity index (χ4n) is 4.09. The van der Waals surface area contributed by atoms with Crippen molar-refractivity contribution in [3.8, 4) is 11.1 Å². The highest BCUT2D eigenvalue weighted by Crippen LogP contribution is 2.44. The first-order chi connectivity index (χ1) is 16.0. The number of nitrogens with one attached hydrogen (secondary N) is 2. The van der Waals surface area contributed by atoms with Crippen molar-refractivity contribution >= 4 is 23.7 Å². The molecule has 2 amide bonds. The summed E-state index contributed by atoms with van der Waals surface area (Å²) in [5.41, 5.74) is 4.60. The zero-order chi connectivity index (χ0) is 23.4. The number of carboxylic acids is 1. The molecule has 1 atom stereocenters. The van der Waals surface area contributed by atoms with Crippen molar-refractivity contribution in [3.05, 3.63) is 77.7 Å². The van der Waals surface area contributed by atoms with Crippen molar-refractivity contribution < 1.29 is 28.6 Å². The van der Waals surface area contributed by atoms with Crippen LogP contribution in [-0.4, -0.2) is 35.7 Å². The quantitative estimate of drug-likeness (QED) is 0.463. The van der Waals surface area contributed by atoms with Gasteiger partial charge in [-0.15, -0.1) is 0 Å². The summed E-state index contributed by atoms with van der Waals surface area (Å²) < 4.78 is 10.7. The molecule has 3 aromatic rings. The van der Waals surface area contributed by atoms with E-state index in [1.165, 1.54) is 12.3 Å². The van der Waals surface area contributed by atoms with Crippen molar-refractivity contribution in [2.24, 2.45) is 0 Å². The summed E-state index contributed by atoms with van der Waals surface area (Å²) >= 11 is 0. The molecule has 0 radical (unpaired) electrons. The van der Waals surface area contributed by atoms with Crippen LogP contribution in [-0.2, 0) is 9.53 Å². The van der Waals surface area contributed by atoms with E-state index in [9.17, 15) is 14.4 Å². The van der Waals surface area contributed by atoms with Gasteiger partial charge in [-0.25, -0.2) is 4.79 Å². The molecule has 8 heteroatoms. The van der Waals surface area contributed by atoms with Crippen LogP contribution in [0.4, 0.5) is 10.5 Å². The van der Waals surface area contributed by atoms with Gasteiger partial charge in [0.25, 0.3) is 5.91 Å². The van der Waals surface area contributed by atoms with Gasteiger partial charge < -0.3 is 19.6 Å². The summed E-state index contributed by atoms with van der Waals surface area (Å²) in [7, 11) is 0. The first kappa shape index (κ1) is 22.1. The summed E-state index contributed by atoms with van der Waals surface area (Å²) in [4.78, 5) is 36.0. The minimum Gasteiger partial charge on any atom is -0.481 e. The summed E-state index contributed by atoms with van der Waals surface area (Å²) in [6.45, 7) is 1.90. The molecule has 3 N–H and O–H groups in total. The SMILES string of the molecule is CC[C@H](CC(=O)O)NC(=O)c1occc1NC(=O)OCC1c2ccccc2-c2ccccc21. The summed E-state index contributed by atoms with van der Waals surface area (Å²) in [5.74, 6) is -1.83. The first-order valence-electron chi connectivity index (χ1n) is 10.7. The number of rotatable bonds is 8. The van der Waals surface area contributed by atoms with Crippen molar-refractivity contribution in [2.75, 3.05) is 11.9 Å². The van der Waals surface area contributed by atoms with E-state index in [1.807, 2.05) is 36.4 Å². The van der Waals surface area contributed by atoms with Crippen LogP contribution in [0.1, 0.15) is 47.4 Å². The van der Waals surface area contributed by atoms with Gasteiger partial charge in [-0.2, -0.15) is 0 Å². The summed E-state index contributed by atoms with van der Waals surface area (Å²) in [6, 6.07) is 16.9. The molecule has 0 fully saturated rings. The van der Waals surface area contributed by atoms with Gasteiger partial charge >= 0.3 is 12.1 Å². The molecular formula is C25H24N2O6. The summed E-state index contributed by atoms with van der Waals surface area (Å²) in [6.07, 6.45) is 0.780. The smallest absolute Gasteiger partial charge is 0.411 e. The van der Waals surface area contributed by atoms with Crippen LogP contribution in [0.5, 0.6) is 0 Å². The molecule has 8 nitrogen and oxygen atoms in total. The van der Waals surface area contributed by atoms with E-state index in [2.05, 4.69) is 22.8 Å². The minimum absolute atomic E-state index is 0.0865. The Morgan fingerprint density at radius 2 is 1.67 bits per heavy atom. The third kappa shape index (κ3) is 4.74. The van der Waals surface area contributed by atoms with E-state index in [1.54, 1.807) is 6.92 Å². The molecule has 170 valence electrons. The van der Waals surface area contributed by atoms with E-state index in [0.717, 1.165) is 22.3 Å². The zero-order valence-corrected chi connectivity index (χ0v) is 18.0. The predicted molar refractivity (Wildman–Crippen MR) is 121 cm³/mol. The van der Waals surface area contributed by atoms with Gasteiger partial charge in [0.1, 0.15) is 6.61 Å². The Kier molecular flexibility index (Phi) is 6.44. The molecule has 0 saturated heterocycles. The second-order valence-electron chi connectivity index (χ2n) is 7.79. The molecule has 1 aliphatic rings. The van der Waals surface area contributed by atoms with Crippen LogP contribution >= 0.6 is 0 Å². The van der Waals surface area contributed by atoms with Gasteiger partial charge in [-0.1, -0.05) is 55.5 Å². The topological polar surface area (TPSA) is 118 Å². The normalized spacial score (nSPS) is 13.0. The van der Waals surface area contributed by atoms with Crippen LogP contribution in [0.3, 0.4) is 0 Å². The Hall–Kier alpha value is -4.07. The second kappa shape index (κ2) is 9.60. The summed E-state index contributed by atoms with van der Waals surface area (Å²) in [5, 5.41) is 14.1. The lowest BCUT2D eigenvalue weighted by Crippen LogP contribution is -2.36. The lowest BCUT2D eigenvalue weighted by Gasteiger charge is -2.15. The highest BCUT2D eigenvalue weighted by atomic mass is 16.5. The molecule has 0 unspecified atom stereocenters. The number of amides is 2. The van der Waals surface area contributed by atoms with E-state index in [0.29, 0.717) is 6.42 Å². The first-order valence-corrected chi connectivity index (χ1v) is 10.7. The maximum Gasteiger partial charge on any atom is 0.411 e. The molecule has 33 heavy (non-hydrogen) atoms. The van der Waals surface area contributed by atoms with Crippen LogP contribution < -0.4 is 10.6 Å². The Morgan fingerprint density at radius 3 is 2.27 bits per heavy atom. The van der Waals surface area contributed by atoms with Gasteiger partial charge in [0, 0.05) is 18.0 Å². The molecule has 1 aliphatic carbocycles. The molecule has 0 aliphatic heterocycles. The van der Waals surface area contributed by atoms with Gasteiger partial charge in [-0.3, -0.25) is 14.9 Å². The number of aliphatic carboxylic acids is 1. The van der Waals surface area contributed by atoms with Crippen LogP contribution in [0.2, 0.25) is 0 Å². The largest absolute Gasteiger partial charge is 0.481 e. The molecule has 4 rings (SSSR count). The van der Waals surface area contributed by atoms with E-state index in [4.69, 9.17) is 14.3 Å². The molecule has 1 aromatic heterocycles. The molecule has 0 saturated carbocycles. The minimum atomic E-state index is -1.02. The standard InChI is InChI=1S/C25H24N2O6/c1-2-15(13-22(28)29)26-24(30)23-21(11-12-32-23)27-25(31)33-14-20-18-9-5-3-7-16(18)17-8-4-6-10-19(17)20/h3-12,15,20H,2,13-14H2,1H3,(H,26,30)(H,27,31)(H,28,29)/t15-/m1/s1. The third-order valence-corrected chi connectivity index (χ3v) is 5.70. The number of benzene rings is 2. The maximum absolute atomic E-state index is 12.5. The number of carbonyl (C=O) groups excluding carboxylic acids is 2. The van der Waals surface area contributed by atoms with E-state index < -0.39 is 24.0 Å². The average Bonchev–Trinajstić information content (AvgIpc) is 3.39. The van der Waals surface area contributed by atoms with Crippen molar-refractivity contribution in [1.82, 2.24) is 5.32 Å². The highest BCUT2D eigenvalue weighted by Gasteiger charge is 2.29. The Bertz CT molecular complexity index is 1140. The van der Waals surface area contributed by atoms with Gasteiger partial charge in [0.05, 0.1) is 18.4 Å². The van der Waals surface area contributed by atoms with Gasteiger partial charge in [0.2, 0.25) is 5.76 Å². The number of carbonyl (C=O) groups is 3. The maximum atomic E-state index is 12.5.